The van der Waals surface area contributed by atoms with Gasteiger partial charge in [0.2, 0.25) is 5.91 Å². The van der Waals surface area contributed by atoms with E-state index < -0.39 is 0 Å². The molecule has 0 bridgehead atoms. The Balaban J connectivity index is 0.00000400. The molecule has 1 amide bonds. The van der Waals surface area contributed by atoms with E-state index in [2.05, 4.69) is 5.32 Å². The largest absolute Gasteiger partial charge is 0.494 e. The Kier molecular flexibility index (Phi) is 10.2. The fourth-order valence-corrected chi connectivity index (χ4v) is 1.77. The smallest absolute Gasteiger partial charge is 0.220 e. The number of nitrogens with one attached hydrogen (secondary N) is 1. The van der Waals surface area contributed by atoms with Gasteiger partial charge in [-0.15, -0.1) is 12.4 Å². The third-order valence-electron chi connectivity index (χ3n) is 2.87. The number of carbonyl (C=O) groups excluding carboxylic acids is 1. The summed E-state index contributed by atoms with van der Waals surface area (Å²) >= 11 is 5.94. The van der Waals surface area contributed by atoms with Crippen LogP contribution >= 0.6 is 24.0 Å². The van der Waals surface area contributed by atoms with Crippen LogP contribution in [0.2, 0.25) is 5.02 Å². The molecule has 4 nitrogen and oxygen atoms in total. The van der Waals surface area contributed by atoms with Gasteiger partial charge in [0.05, 0.1) is 6.61 Å². The number of aryl methyl sites for hydroxylation is 1. The zero-order chi connectivity index (χ0) is 15.0. The Bertz CT molecular complexity index is 440. The van der Waals surface area contributed by atoms with Crippen molar-refractivity contribution in [1.29, 1.82) is 0 Å². The quantitative estimate of drug-likeness (QED) is 0.718. The van der Waals surface area contributed by atoms with E-state index in [0.717, 1.165) is 22.8 Å². The second-order valence-corrected chi connectivity index (χ2v) is 5.39. The molecule has 1 rings (SSSR count). The van der Waals surface area contributed by atoms with Gasteiger partial charge in [-0.2, -0.15) is 0 Å². The van der Waals surface area contributed by atoms with E-state index in [1.165, 1.54) is 0 Å². The predicted molar refractivity (Wildman–Crippen MR) is 89.4 cm³/mol. The number of ether oxygens (including phenoxy) is 1. The molecule has 1 aromatic carbocycles. The fourth-order valence-electron chi connectivity index (χ4n) is 1.66. The molecule has 0 aliphatic heterocycles. The number of nitrogens with two attached hydrogens (primary N) is 1. The van der Waals surface area contributed by atoms with E-state index in [4.69, 9.17) is 22.1 Å². The molecule has 0 radical (unpaired) electrons. The number of halogens is 2. The van der Waals surface area contributed by atoms with Crippen LogP contribution in [-0.2, 0) is 4.79 Å². The van der Waals surface area contributed by atoms with Crippen molar-refractivity contribution < 1.29 is 9.53 Å². The summed E-state index contributed by atoms with van der Waals surface area (Å²) in [5.74, 6) is 0.825. The molecule has 0 saturated heterocycles. The van der Waals surface area contributed by atoms with Crippen molar-refractivity contribution in [2.75, 3.05) is 13.2 Å². The van der Waals surface area contributed by atoms with Gasteiger partial charge in [-0.25, -0.2) is 0 Å². The van der Waals surface area contributed by atoms with Crippen molar-refractivity contribution in [3.05, 3.63) is 28.8 Å². The number of benzene rings is 1. The first-order chi connectivity index (χ1) is 9.49. The minimum absolute atomic E-state index is 0. The standard InChI is InChI=1S/C15H23ClN2O2.ClH/c1-11-10-13(5-6-14(11)16)20-9-3-4-15(19)18-8-7-12(2)17;/h5-6,10,12H,3-4,7-9,17H2,1-2H3,(H,18,19);1H. The number of hydrogen-bond donors (Lipinski definition) is 2. The van der Waals surface area contributed by atoms with E-state index in [1.807, 2.05) is 32.0 Å². The summed E-state index contributed by atoms with van der Waals surface area (Å²) in [7, 11) is 0. The summed E-state index contributed by atoms with van der Waals surface area (Å²) in [4.78, 5) is 11.5. The number of rotatable bonds is 8. The predicted octanol–water partition coefficient (Wildman–Crippen LogP) is 3.08. The summed E-state index contributed by atoms with van der Waals surface area (Å²) < 4.78 is 5.58. The number of hydrogen-bond acceptors (Lipinski definition) is 3. The van der Waals surface area contributed by atoms with Gasteiger partial charge in [-0.1, -0.05) is 11.6 Å². The van der Waals surface area contributed by atoms with Gasteiger partial charge >= 0.3 is 0 Å². The molecule has 1 aromatic rings. The monoisotopic (exact) mass is 334 g/mol. The molecule has 21 heavy (non-hydrogen) atoms. The second-order valence-electron chi connectivity index (χ2n) is 4.98. The van der Waals surface area contributed by atoms with Crippen LogP contribution in [0, 0.1) is 6.92 Å². The third-order valence-corrected chi connectivity index (χ3v) is 3.29. The van der Waals surface area contributed by atoms with E-state index in [0.29, 0.717) is 26.0 Å². The lowest BCUT2D eigenvalue weighted by Gasteiger charge is -2.09. The highest BCUT2D eigenvalue weighted by atomic mass is 35.5. The van der Waals surface area contributed by atoms with Gasteiger partial charge in [0.15, 0.2) is 0 Å². The van der Waals surface area contributed by atoms with Crippen LogP contribution in [-0.4, -0.2) is 25.1 Å². The SMILES string of the molecule is Cc1cc(OCCCC(=O)NCCC(C)N)ccc1Cl.Cl. The molecule has 0 aliphatic rings. The van der Waals surface area contributed by atoms with E-state index >= 15 is 0 Å². The summed E-state index contributed by atoms with van der Waals surface area (Å²) in [6.07, 6.45) is 1.95. The van der Waals surface area contributed by atoms with Crippen molar-refractivity contribution in [2.45, 2.75) is 39.2 Å². The van der Waals surface area contributed by atoms with Gasteiger partial charge in [0.1, 0.15) is 5.75 Å². The van der Waals surface area contributed by atoms with Crippen molar-refractivity contribution in [1.82, 2.24) is 5.32 Å². The van der Waals surface area contributed by atoms with Gasteiger partial charge in [-0.3, -0.25) is 4.79 Å². The van der Waals surface area contributed by atoms with Crippen molar-refractivity contribution in [3.8, 4) is 5.75 Å². The van der Waals surface area contributed by atoms with Crippen LogP contribution in [0.4, 0.5) is 0 Å². The van der Waals surface area contributed by atoms with Crippen LogP contribution in [0.15, 0.2) is 18.2 Å². The minimum Gasteiger partial charge on any atom is -0.494 e. The van der Waals surface area contributed by atoms with Crippen LogP contribution in [0.3, 0.4) is 0 Å². The summed E-state index contributed by atoms with van der Waals surface area (Å²) in [6, 6.07) is 5.66. The molecular weight excluding hydrogens is 311 g/mol. The van der Waals surface area contributed by atoms with Crippen molar-refractivity contribution in [3.63, 3.8) is 0 Å². The molecule has 0 spiro atoms. The van der Waals surface area contributed by atoms with E-state index in [9.17, 15) is 4.79 Å². The van der Waals surface area contributed by atoms with Crippen molar-refractivity contribution >= 4 is 29.9 Å². The zero-order valence-corrected chi connectivity index (χ0v) is 14.1. The maximum atomic E-state index is 11.5. The van der Waals surface area contributed by atoms with Crippen LogP contribution in [0.5, 0.6) is 5.75 Å². The maximum Gasteiger partial charge on any atom is 0.220 e. The minimum atomic E-state index is 0. The Hall–Kier alpha value is -0.970. The lowest BCUT2D eigenvalue weighted by molar-refractivity contribution is -0.121. The lowest BCUT2D eigenvalue weighted by Crippen LogP contribution is -2.28. The third kappa shape index (κ3) is 8.81. The van der Waals surface area contributed by atoms with Crippen LogP contribution in [0.25, 0.3) is 0 Å². The van der Waals surface area contributed by atoms with Crippen LogP contribution < -0.4 is 15.8 Å². The molecule has 120 valence electrons. The molecule has 0 heterocycles. The molecule has 0 aliphatic carbocycles. The molecule has 1 unspecified atom stereocenters. The highest BCUT2D eigenvalue weighted by Gasteiger charge is 2.03. The average Bonchev–Trinajstić information content (AvgIpc) is 2.38. The van der Waals surface area contributed by atoms with Gasteiger partial charge in [0.25, 0.3) is 0 Å². The molecular formula is C15H24Cl2N2O2. The van der Waals surface area contributed by atoms with Gasteiger partial charge in [-0.05, 0) is 50.5 Å². The Morgan fingerprint density at radius 3 is 2.81 bits per heavy atom. The first-order valence-corrected chi connectivity index (χ1v) is 7.28. The van der Waals surface area contributed by atoms with Crippen LogP contribution in [0.1, 0.15) is 31.7 Å². The molecule has 0 fully saturated rings. The Morgan fingerprint density at radius 2 is 2.19 bits per heavy atom. The molecule has 6 heteroatoms. The van der Waals surface area contributed by atoms with Gasteiger partial charge < -0.3 is 15.8 Å². The molecule has 1 atom stereocenters. The average molecular weight is 335 g/mol. The number of amides is 1. The maximum absolute atomic E-state index is 11.5. The highest BCUT2D eigenvalue weighted by molar-refractivity contribution is 6.31. The summed E-state index contributed by atoms with van der Waals surface area (Å²) in [6.45, 7) is 5.00. The lowest BCUT2D eigenvalue weighted by atomic mass is 10.2. The normalized spacial score (nSPS) is 11.4. The zero-order valence-electron chi connectivity index (χ0n) is 12.5. The van der Waals surface area contributed by atoms with Crippen molar-refractivity contribution in [2.24, 2.45) is 5.73 Å². The second kappa shape index (κ2) is 10.7. The van der Waals surface area contributed by atoms with E-state index in [-0.39, 0.29) is 24.4 Å². The Labute approximate surface area is 137 Å². The van der Waals surface area contributed by atoms with E-state index in [1.54, 1.807) is 0 Å². The first-order valence-electron chi connectivity index (χ1n) is 6.90. The molecule has 3 N–H and O–H groups in total. The summed E-state index contributed by atoms with van der Waals surface area (Å²) in [5.41, 5.74) is 6.59. The Morgan fingerprint density at radius 1 is 1.48 bits per heavy atom. The highest BCUT2D eigenvalue weighted by Crippen LogP contribution is 2.21. The first kappa shape index (κ1) is 20.0. The molecule has 0 aromatic heterocycles. The molecule has 0 saturated carbocycles. The fraction of sp³-hybridized carbons (Fsp3) is 0.533. The summed E-state index contributed by atoms with van der Waals surface area (Å²) in [5, 5.41) is 3.56. The number of carbonyl (C=O) groups is 1. The topological polar surface area (TPSA) is 64.3 Å². The van der Waals surface area contributed by atoms with Gasteiger partial charge in [0, 0.05) is 24.0 Å².